The highest BCUT2D eigenvalue weighted by Gasteiger charge is 2.19. The molecule has 0 aliphatic carbocycles. The van der Waals surface area contributed by atoms with Gasteiger partial charge in [0, 0.05) is 16.9 Å². The van der Waals surface area contributed by atoms with Crippen molar-refractivity contribution in [3.8, 4) is 10.6 Å². The molecule has 0 aliphatic rings. The van der Waals surface area contributed by atoms with Gasteiger partial charge < -0.3 is 10.4 Å². The summed E-state index contributed by atoms with van der Waals surface area (Å²) in [7, 11) is -3.51. The highest BCUT2D eigenvalue weighted by atomic mass is 35.5. The molecule has 1 atom stereocenters. The Morgan fingerprint density at radius 3 is 2.69 bits per heavy atom. The number of aliphatic hydroxyl groups excluding tert-OH is 1. The first-order valence-corrected chi connectivity index (χ1v) is 12.6. The van der Waals surface area contributed by atoms with Gasteiger partial charge in [0.2, 0.25) is 5.95 Å². The van der Waals surface area contributed by atoms with Crippen LogP contribution in [0.25, 0.3) is 10.6 Å². The summed E-state index contributed by atoms with van der Waals surface area (Å²) in [6, 6.07) is 19.3. The average Bonchev–Trinajstić information content (AvgIpc) is 3.25. The number of rotatable bonds is 7. The van der Waals surface area contributed by atoms with Gasteiger partial charge in [-0.05, 0) is 60.5 Å². The Kier molecular flexibility index (Phi) is 6.57. The van der Waals surface area contributed by atoms with Crippen molar-refractivity contribution in [2.45, 2.75) is 23.0 Å². The lowest BCUT2D eigenvalue weighted by atomic mass is 10.1. The molecule has 0 saturated carbocycles. The summed E-state index contributed by atoms with van der Waals surface area (Å²) in [5.74, 6) is 0.256. The van der Waals surface area contributed by atoms with Gasteiger partial charge in [0.05, 0.1) is 22.4 Å². The quantitative estimate of drug-likeness (QED) is 0.352. The molecule has 0 fully saturated rings. The molecule has 0 amide bonds. The number of benzene rings is 2. The van der Waals surface area contributed by atoms with Crippen LogP contribution in [0.15, 0.2) is 77.1 Å². The summed E-state index contributed by atoms with van der Waals surface area (Å²) in [5, 5.41) is 13.4. The van der Waals surface area contributed by atoms with Gasteiger partial charge in [-0.25, -0.2) is 18.4 Å². The van der Waals surface area contributed by atoms with Gasteiger partial charge >= 0.3 is 0 Å². The van der Waals surface area contributed by atoms with E-state index in [9.17, 15) is 13.5 Å². The van der Waals surface area contributed by atoms with E-state index in [2.05, 4.69) is 15.3 Å². The predicted octanol–water partition coefficient (Wildman–Crippen LogP) is 5.63. The fraction of sp³-hybridized carbons (Fsp3) is 0.130. The zero-order valence-corrected chi connectivity index (χ0v) is 19.5. The van der Waals surface area contributed by atoms with Gasteiger partial charge in [-0.15, -0.1) is 11.3 Å². The topological polar surface area (TPSA) is 92.2 Å². The maximum atomic E-state index is 12.9. The fourth-order valence-corrected chi connectivity index (χ4v) is 6.01. The van der Waals surface area contributed by atoms with Crippen LogP contribution >= 0.6 is 22.9 Å². The Bertz CT molecular complexity index is 1350. The van der Waals surface area contributed by atoms with Crippen LogP contribution in [0, 0.1) is 0 Å². The van der Waals surface area contributed by atoms with E-state index in [1.165, 1.54) is 11.3 Å². The molecule has 1 unspecified atom stereocenters. The molecule has 4 aromatic rings. The molecule has 0 bridgehead atoms. The summed E-state index contributed by atoms with van der Waals surface area (Å²) < 4.78 is 26.0. The first kappa shape index (κ1) is 22.4. The second-order valence-corrected chi connectivity index (χ2v) is 10.9. The minimum Gasteiger partial charge on any atom is -0.389 e. The van der Waals surface area contributed by atoms with Gasteiger partial charge in [0.25, 0.3) is 0 Å². The number of halogens is 1. The van der Waals surface area contributed by atoms with Crippen molar-refractivity contribution in [1.82, 2.24) is 9.97 Å². The number of aromatic nitrogens is 2. The predicted molar refractivity (Wildman–Crippen MR) is 128 cm³/mol. The molecular formula is C23H20ClN3O3S2. The van der Waals surface area contributed by atoms with Gasteiger partial charge in [-0.2, -0.15) is 0 Å². The second kappa shape index (κ2) is 9.38. The minimum absolute atomic E-state index is 0.121. The zero-order chi connectivity index (χ0) is 22.7. The maximum absolute atomic E-state index is 12.9. The van der Waals surface area contributed by atoms with Crippen LogP contribution in [0.2, 0.25) is 5.02 Å². The number of anilines is 2. The zero-order valence-electron chi connectivity index (χ0n) is 17.1. The normalized spacial score (nSPS) is 12.5. The number of sulfone groups is 1. The van der Waals surface area contributed by atoms with E-state index in [0.717, 1.165) is 16.1 Å². The summed E-state index contributed by atoms with van der Waals surface area (Å²) in [5.41, 5.74) is 2.78. The fourth-order valence-electron chi connectivity index (χ4n) is 3.10. The third kappa shape index (κ3) is 5.34. The van der Waals surface area contributed by atoms with Crippen molar-refractivity contribution >= 4 is 44.4 Å². The Hall–Kier alpha value is -2.78. The van der Waals surface area contributed by atoms with Crippen LogP contribution in [-0.4, -0.2) is 23.5 Å². The molecule has 2 N–H and O–H groups in total. The van der Waals surface area contributed by atoms with Crippen molar-refractivity contribution in [2.24, 2.45) is 0 Å². The molecule has 32 heavy (non-hydrogen) atoms. The van der Waals surface area contributed by atoms with E-state index in [-0.39, 0.29) is 9.96 Å². The summed E-state index contributed by atoms with van der Waals surface area (Å²) >= 11 is 7.14. The molecule has 4 rings (SSSR count). The van der Waals surface area contributed by atoms with Crippen LogP contribution in [0.3, 0.4) is 0 Å². The van der Waals surface area contributed by atoms with E-state index >= 15 is 0 Å². The van der Waals surface area contributed by atoms with Crippen LogP contribution in [0.1, 0.15) is 24.2 Å². The molecule has 2 heterocycles. The number of nitrogens with one attached hydrogen (secondary N) is 1. The van der Waals surface area contributed by atoms with Gasteiger partial charge in [-0.3, -0.25) is 0 Å². The van der Waals surface area contributed by atoms with Crippen LogP contribution in [-0.2, 0) is 15.6 Å². The third-order valence-electron chi connectivity index (χ3n) is 4.67. The summed E-state index contributed by atoms with van der Waals surface area (Å²) in [6.45, 7) is 1.70. The third-order valence-corrected chi connectivity index (χ3v) is 8.28. The Balaban J connectivity index is 1.55. The van der Waals surface area contributed by atoms with Crippen LogP contribution in [0.4, 0.5) is 11.6 Å². The molecule has 0 aliphatic heterocycles. The molecular weight excluding hydrogens is 466 g/mol. The number of aliphatic hydroxyl groups is 1. The summed E-state index contributed by atoms with van der Waals surface area (Å²) in [6.07, 6.45) is 1.03. The lowest BCUT2D eigenvalue weighted by Crippen LogP contribution is -2.02. The Labute approximate surface area is 195 Å². The highest BCUT2D eigenvalue weighted by molar-refractivity contribution is 7.92. The first-order chi connectivity index (χ1) is 15.3. The van der Waals surface area contributed by atoms with Crippen molar-refractivity contribution in [1.29, 1.82) is 0 Å². The van der Waals surface area contributed by atoms with Crippen LogP contribution in [0.5, 0.6) is 0 Å². The van der Waals surface area contributed by atoms with E-state index in [4.69, 9.17) is 11.6 Å². The molecule has 9 heteroatoms. The molecule has 6 nitrogen and oxygen atoms in total. The largest absolute Gasteiger partial charge is 0.389 e. The van der Waals surface area contributed by atoms with Gasteiger partial charge in [-0.1, -0.05) is 35.9 Å². The molecule has 2 aromatic carbocycles. The maximum Gasteiger partial charge on any atom is 0.227 e. The lowest BCUT2D eigenvalue weighted by Gasteiger charge is -2.09. The molecule has 164 valence electrons. The Morgan fingerprint density at radius 1 is 1.09 bits per heavy atom. The number of hydrogen-bond donors (Lipinski definition) is 2. The van der Waals surface area contributed by atoms with E-state index in [1.54, 1.807) is 55.6 Å². The first-order valence-electron chi connectivity index (χ1n) is 9.76. The van der Waals surface area contributed by atoms with E-state index in [0.29, 0.717) is 22.2 Å². The SMILES string of the molecule is CC(O)c1cccc(Nc2nccc(-c3ccc(S(=O)(=O)Cc4cccc(Cl)c4)s3)n2)c1. The number of hydrogen-bond acceptors (Lipinski definition) is 7. The highest BCUT2D eigenvalue weighted by Crippen LogP contribution is 2.32. The monoisotopic (exact) mass is 485 g/mol. The van der Waals surface area contributed by atoms with Crippen molar-refractivity contribution in [2.75, 3.05) is 5.32 Å². The number of nitrogens with zero attached hydrogens (tertiary/aromatic N) is 2. The van der Waals surface area contributed by atoms with Crippen LogP contribution < -0.4 is 5.32 Å². The van der Waals surface area contributed by atoms with E-state index in [1.807, 2.05) is 24.3 Å². The molecule has 0 radical (unpaired) electrons. The molecule has 0 spiro atoms. The standard InChI is InChI=1S/C23H20ClN3O3S2/c1-15(28)17-5-3-7-19(13-17)26-23-25-11-10-20(27-23)21-8-9-22(31-21)32(29,30)14-16-4-2-6-18(24)12-16/h2-13,15,28H,14H2,1H3,(H,25,26,27). The minimum atomic E-state index is -3.51. The summed E-state index contributed by atoms with van der Waals surface area (Å²) in [4.78, 5) is 9.48. The molecule has 2 aromatic heterocycles. The molecule has 0 saturated heterocycles. The number of thiophene rings is 1. The van der Waals surface area contributed by atoms with Gasteiger partial charge in [0.15, 0.2) is 9.84 Å². The Morgan fingerprint density at radius 2 is 1.91 bits per heavy atom. The van der Waals surface area contributed by atoms with E-state index < -0.39 is 15.9 Å². The average molecular weight is 486 g/mol. The van der Waals surface area contributed by atoms with Crippen molar-refractivity contribution in [3.05, 3.63) is 89.1 Å². The lowest BCUT2D eigenvalue weighted by molar-refractivity contribution is 0.199. The van der Waals surface area contributed by atoms with Crippen molar-refractivity contribution < 1.29 is 13.5 Å². The van der Waals surface area contributed by atoms with Gasteiger partial charge in [0.1, 0.15) is 4.21 Å². The van der Waals surface area contributed by atoms with Crippen molar-refractivity contribution in [3.63, 3.8) is 0 Å². The second-order valence-electron chi connectivity index (χ2n) is 7.20. The smallest absolute Gasteiger partial charge is 0.227 e.